The summed E-state index contributed by atoms with van der Waals surface area (Å²) in [5.41, 5.74) is -3.16. The molecular formula is C28H30F6N6O4. The van der Waals surface area contributed by atoms with E-state index in [0.717, 1.165) is 5.06 Å². The van der Waals surface area contributed by atoms with Crippen molar-refractivity contribution in [1.82, 2.24) is 24.8 Å². The number of hydrogen-bond acceptors (Lipinski definition) is 8. The maximum Gasteiger partial charge on any atom is 0.534 e. The summed E-state index contributed by atoms with van der Waals surface area (Å²) in [6.07, 6.45) is -4.96. The topological polar surface area (TPSA) is 103 Å². The van der Waals surface area contributed by atoms with Gasteiger partial charge >= 0.3 is 18.5 Å². The summed E-state index contributed by atoms with van der Waals surface area (Å²) in [4.78, 5) is 41.1. The standard InChI is InChI=1S/C28H30F6N6O4/c1-6-21-10-22(23(41)40(21)44-25(42)43-26(2,3)4)39(24-35-11-17(12-36-24)18-13-37-38(5)15-18)14-16-7-19(27(29,30)31)9-20(8-16)28(32,33)34/h7-9,11-13,15,21-22H,6,10,14H2,1-5H3/t21-,22?/m1/s1. The molecule has 16 heteroatoms. The molecule has 1 amide bonds. The molecule has 0 aliphatic carbocycles. The van der Waals surface area contributed by atoms with Crippen LogP contribution in [0.2, 0.25) is 0 Å². The summed E-state index contributed by atoms with van der Waals surface area (Å²) < 4.78 is 88.4. The highest BCUT2D eigenvalue weighted by atomic mass is 19.4. The molecule has 3 aromatic rings. The van der Waals surface area contributed by atoms with Crippen LogP contribution >= 0.6 is 0 Å². The summed E-state index contributed by atoms with van der Waals surface area (Å²) >= 11 is 0. The minimum absolute atomic E-state index is 0.00304. The van der Waals surface area contributed by atoms with Gasteiger partial charge in [0.1, 0.15) is 11.6 Å². The number of aromatic nitrogens is 4. The van der Waals surface area contributed by atoms with Gasteiger partial charge in [0, 0.05) is 49.7 Å². The third-order valence-electron chi connectivity index (χ3n) is 6.67. The smallest absolute Gasteiger partial charge is 0.427 e. The Labute approximate surface area is 248 Å². The normalized spacial score (nSPS) is 17.6. The van der Waals surface area contributed by atoms with E-state index >= 15 is 0 Å². The van der Waals surface area contributed by atoms with Gasteiger partial charge in [-0.25, -0.2) is 14.8 Å². The van der Waals surface area contributed by atoms with E-state index < -0.39 is 59.8 Å². The maximum atomic E-state index is 13.6. The fourth-order valence-electron chi connectivity index (χ4n) is 4.66. The number of rotatable bonds is 7. The molecule has 1 aromatic carbocycles. The second-order valence-electron chi connectivity index (χ2n) is 11.2. The molecule has 1 aliphatic rings. The number of hydroxylamine groups is 2. The first-order valence-electron chi connectivity index (χ1n) is 13.5. The van der Waals surface area contributed by atoms with Crippen molar-refractivity contribution in [2.24, 2.45) is 7.05 Å². The number of amides is 1. The molecule has 0 bridgehead atoms. The first-order valence-corrected chi connectivity index (χ1v) is 13.5. The Hall–Kier alpha value is -4.37. The van der Waals surface area contributed by atoms with Crippen LogP contribution in [-0.2, 0) is 40.3 Å². The zero-order valence-corrected chi connectivity index (χ0v) is 24.4. The van der Waals surface area contributed by atoms with Gasteiger partial charge in [-0.3, -0.25) is 9.48 Å². The number of anilines is 1. The molecular weight excluding hydrogens is 598 g/mol. The van der Waals surface area contributed by atoms with Crippen LogP contribution in [0.15, 0.2) is 43.0 Å². The molecule has 0 spiro atoms. The third-order valence-corrected chi connectivity index (χ3v) is 6.67. The molecule has 1 fully saturated rings. The predicted octanol–water partition coefficient (Wildman–Crippen LogP) is 6.17. The van der Waals surface area contributed by atoms with Gasteiger partial charge in [-0.1, -0.05) is 6.92 Å². The zero-order valence-electron chi connectivity index (χ0n) is 24.4. The Morgan fingerprint density at radius 1 is 0.977 bits per heavy atom. The Morgan fingerprint density at radius 2 is 1.57 bits per heavy atom. The zero-order chi connectivity index (χ0) is 32.6. The molecule has 1 aliphatic heterocycles. The van der Waals surface area contributed by atoms with E-state index in [4.69, 9.17) is 9.57 Å². The summed E-state index contributed by atoms with van der Waals surface area (Å²) in [5, 5.41) is 4.89. The van der Waals surface area contributed by atoms with Crippen LogP contribution in [0.25, 0.3) is 11.1 Å². The van der Waals surface area contributed by atoms with Crippen molar-refractivity contribution in [3.8, 4) is 11.1 Å². The molecule has 44 heavy (non-hydrogen) atoms. The summed E-state index contributed by atoms with van der Waals surface area (Å²) in [6, 6.07) is -0.701. The average molecular weight is 629 g/mol. The summed E-state index contributed by atoms with van der Waals surface area (Å²) in [5.74, 6) is -0.915. The average Bonchev–Trinajstić information content (AvgIpc) is 3.48. The lowest BCUT2D eigenvalue weighted by Gasteiger charge is -2.28. The molecule has 2 aromatic heterocycles. The van der Waals surface area contributed by atoms with E-state index in [1.54, 1.807) is 51.8 Å². The van der Waals surface area contributed by atoms with E-state index in [9.17, 15) is 35.9 Å². The quantitative estimate of drug-likeness (QED) is 0.226. The monoisotopic (exact) mass is 628 g/mol. The Kier molecular flexibility index (Phi) is 8.85. The number of carbonyl (C=O) groups excluding carboxylic acids is 2. The van der Waals surface area contributed by atoms with Crippen LogP contribution in [0.3, 0.4) is 0 Å². The highest BCUT2D eigenvalue weighted by Gasteiger charge is 2.46. The number of aryl methyl sites for hydroxylation is 1. The van der Waals surface area contributed by atoms with E-state index in [1.165, 1.54) is 17.3 Å². The maximum absolute atomic E-state index is 13.6. The van der Waals surface area contributed by atoms with E-state index in [-0.39, 0.29) is 24.0 Å². The van der Waals surface area contributed by atoms with Crippen molar-refractivity contribution in [2.45, 2.75) is 77.1 Å². The van der Waals surface area contributed by atoms with Crippen molar-refractivity contribution >= 4 is 18.0 Å². The fourth-order valence-corrected chi connectivity index (χ4v) is 4.66. The number of alkyl halides is 6. The van der Waals surface area contributed by atoms with Crippen molar-refractivity contribution in [3.63, 3.8) is 0 Å². The second-order valence-corrected chi connectivity index (χ2v) is 11.2. The molecule has 238 valence electrons. The number of nitrogens with zero attached hydrogens (tertiary/aromatic N) is 6. The molecule has 0 N–H and O–H groups in total. The molecule has 1 saturated heterocycles. The molecule has 3 heterocycles. The van der Waals surface area contributed by atoms with Gasteiger partial charge in [0.25, 0.3) is 5.91 Å². The minimum atomic E-state index is -5.07. The Bertz CT molecular complexity index is 1470. The molecule has 4 rings (SSSR count). The summed E-state index contributed by atoms with van der Waals surface area (Å²) in [6.45, 7) is 5.90. The molecule has 1 unspecified atom stereocenters. The predicted molar refractivity (Wildman–Crippen MR) is 144 cm³/mol. The van der Waals surface area contributed by atoms with E-state index in [0.29, 0.717) is 29.7 Å². The van der Waals surface area contributed by atoms with Crippen molar-refractivity contribution in [3.05, 3.63) is 59.7 Å². The van der Waals surface area contributed by atoms with Gasteiger partial charge in [0.2, 0.25) is 5.95 Å². The van der Waals surface area contributed by atoms with Crippen LogP contribution < -0.4 is 4.90 Å². The van der Waals surface area contributed by atoms with Gasteiger partial charge in [-0.15, -0.1) is 0 Å². The highest BCUT2D eigenvalue weighted by Crippen LogP contribution is 2.38. The van der Waals surface area contributed by atoms with Crippen LogP contribution in [0.5, 0.6) is 0 Å². The number of hydrogen-bond donors (Lipinski definition) is 0. The SMILES string of the molecule is CC[C@@H]1CC(N(Cc2cc(C(F)(F)F)cc(C(F)(F)F)c2)c2ncc(-c3cnn(C)c3)cn2)C(=O)N1OC(=O)OC(C)(C)C. The largest absolute Gasteiger partial charge is 0.534 e. The lowest BCUT2D eigenvalue weighted by Crippen LogP contribution is -2.44. The van der Waals surface area contributed by atoms with Crippen molar-refractivity contribution < 1.29 is 45.5 Å². The number of halogens is 6. The van der Waals surface area contributed by atoms with E-state index in [1.807, 2.05) is 0 Å². The first-order chi connectivity index (χ1) is 20.4. The van der Waals surface area contributed by atoms with Crippen LogP contribution in [-0.4, -0.2) is 54.6 Å². The summed E-state index contributed by atoms with van der Waals surface area (Å²) in [7, 11) is 1.70. The van der Waals surface area contributed by atoms with Crippen LogP contribution in [0.4, 0.5) is 37.1 Å². The van der Waals surface area contributed by atoms with Gasteiger partial charge in [0.05, 0.1) is 23.4 Å². The van der Waals surface area contributed by atoms with E-state index in [2.05, 4.69) is 15.1 Å². The number of ether oxygens (including phenoxy) is 1. The third kappa shape index (κ3) is 7.58. The van der Waals surface area contributed by atoms with Gasteiger partial charge < -0.3 is 14.5 Å². The Morgan fingerprint density at radius 3 is 2.05 bits per heavy atom. The molecule has 0 radical (unpaired) electrons. The molecule has 10 nitrogen and oxygen atoms in total. The highest BCUT2D eigenvalue weighted by molar-refractivity contribution is 5.87. The van der Waals surface area contributed by atoms with Crippen LogP contribution in [0, 0.1) is 0 Å². The minimum Gasteiger partial charge on any atom is -0.427 e. The second kappa shape index (κ2) is 12.0. The fraction of sp³-hybridized carbons (Fsp3) is 0.464. The van der Waals surface area contributed by atoms with Gasteiger partial charge in [-0.2, -0.15) is 36.5 Å². The van der Waals surface area contributed by atoms with Crippen molar-refractivity contribution in [2.75, 3.05) is 4.90 Å². The van der Waals surface area contributed by atoms with Crippen molar-refractivity contribution in [1.29, 1.82) is 0 Å². The molecule has 0 saturated carbocycles. The number of benzene rings is 1. The van der Waals surface area contributed by atoms with Gasteiger partial charge in [0.15, 0.2) is 0 Å². The first kappa shape index (κ1) is 32.5. The van der Waals surface area contributed by atoms with Crippen LogP contribution in [0.1, 0.15) is 57.2 Å². The Balaban J connectivity index is 1.75. The number of carbonyl (C=O) groups is 2. The van der Waals surface area contributed by atoms with Gasteiger partial charge in [-0.05, 0) is 51.0 Å². The lowest BCUT2D eigenvalue weighted by molar-refractivity contribution is -0.179. The lowest BCUT2D eigenvalue weighted by atomic mass is 10.0. The molecule has 2 atom stereocenters.